The Morgan fingerprint density at radius 2 is 2.29 bits per heavy atom. The van der Waals surface area contributed by atoms with E-state index < -0.39 is 5.97 Å². The quantitative estimate of drug-likeness (QED) is 0.871. The van der Waals surface area contributed by atoms with Gasteiger partial charge in [-0.3, -0.25) is 4.68 Å². The molecule has 94 valence electrons. The molecule has 5 nitrogen and oxygen atoms in total. The minimum atomic E-state index is -0.882. The molecule has 5 heteroatoms. The second kappa shape index (κ2) is 4.39. The van der Waals surface area contributed by atoms with Crippen molar-refractivity contribution in [3.8, 4) is 0 Å². The molecule has 1 fully saturated rings. The first-order valence-corrected chi connectivity index (χ1v) is 6.09. The van der Waals surface area contributed by atoms with Crippen LogP contribution in [0.4, 0.5) is 5.82 Å². The molecule has 1 aromatic heterocycles. The van der Waals surface area contributed by atoms with Crippen molar-refractivity contribution < 1.29 is 9.90 Å². The number of hydrogen-bond donors (Lipinski definition) is 1. The second-order valence-electron chi connectivity index (χ2n) is 4.61. The van der Waals surface area contributed by atoms with Gasteiger partial charge in [0.15, 0.2) is 0 Å². The zero-order valence-corrected chi connectivity index (χ0v) is 10.6. The number of anilines is 1. The lowest BCUT2D eigenvalue weighted by Crippen LogP contribution is -2.31. The highest BCUT2D eigenvalue weighted by molar-refractivity contribution is 5.95. The molecule has 0 spiro atoms. The third kappa shape index (κ3) is 1.90. The monoisotopic (exact) mass is 237 g/mol. The molecule has 1 N–H and O–H groups in total. The number of carbonyl (C=O) groups is 1. The maximum Gasteiger partial charge on any atom is 0.341 e. The lowest BCUT2D eigenvalue weighted by Gasteiger charge is -2.26. The van der Waals surface area contributed by atoms with E-state index in [0.29, 0.717) is 17.3 Å². The van der Waals surface area contributed by atoms with Crippen LogP contribution >= 0.6 is 0 Å². The van der Waals surface area contributed by atoms with Gasteiger partial charge in [-0.15, -0.1) is 0 Å². The first kappa shape index (κ1) is 12.0. The number of aryl methyl sites for hydroxylation is 2. The van der Waals surface area contributed by atoms with Crippen LogP contribution < -0.4 is 4.90 Å². The highest BCUT2D eigenvalue weighted by Gasteiger charge is 2.30. The number of aromatic nitrogens is 2. The molecule has 1 aromatic rings. The molecule has 1 unspecified atom stereocenters. The van der Waals surface area contributed by atoms with E-state index in [9.17, 15) is 9.90 Å². The number of hydrogen-bond acceptors (Lipinski definition) is 3. The van der Waals surface area contributed by atoms with Gasteiger partial charge in [0.05, 0.1) is 5.69 Å². The summed E-state index contributed by atoms with van der Waals surface area (Å²) in [6.07, 6.45) is 3.31. The van der Waals surface area contributed by atoms with Crippen molar-refractivity contribution in [2.24, 2.45) is 7.05 Å². The van der Waals surface area contributed by atoms with E-state index >= 15 is 0 Å². The van der Waals surface area contributed by atoms with Gasteiger partial charge in [-0.05, 0) is 26.2 Å². The molecule has 0 saturated carbocycles. The molecule has 1 saturated heterocycles. The number of carboxylic acids is 1. The minimum Gasteiger partial charge on any atom is -0.477 e. The fraction of sp³-hybridized carbons (Fsp3) is 0.667. The van der Waals surface area contributed by atoms with E-state index in [0.717, 1.165) is 31.6 Å². The molecular formula is C12H19N3O2. The van der Waals surface area contributed by atoms with Crippen LogP contribution in [0.5, 0.6) is 0 Å². The van der Waals surface area contributed by atoms with Gasteiger partial charge in [0.25, 0.3) is 0 Å². The summed E-state index contributed by atoms with van der Waals surface area (Å²) in [5.41, 5.74) is 0.949. The normalized spacial score (nSPS) is 19.9. The van der Waals surface area contributed by atoms with Crippen molar-refractivity contribution in [2.75, 3.05) is 11.4 Å². The Kier molecular flexibility index (Phi) is 3.09. The molecule has 2 rings (SSSR count). The average Bonchev–Trinajstić information content (AvgIpc) is 2.81. The average molecular weight is 237 g/mol. The minimum absolute atomic E-state index is 0.354. The molecule has 0 aromatic carbocycles. The predicted octanol–water partition coefficient (Wildman–Crippen LogP) is 1.81. The zero-order valence-electron chi connectivity index (χ0n) is 10.6. The summed E-state index contributed by atoms with van der Waals surface area (Å²) in [5.74, 6) is -0.119. The third-order valence-corrected chi connectivity index (χ3v) is 3.53. The van der Waals surface area contributed by atoms with Crippen molar-refractivity contribution in [1.82, 2.24) is 9.78 Å². The summed E-state index contributed by atoms with van der Waals surface area (Å²) >= 11 is 0. The van der Waals surface area contributed by atoms with Crippen LogP contribution in [0.1, 0.15) is 42.2 Å². The topological polar surface area (TPSA) is 58.4 Å². The van der Waals surface area contributed by atoms with E-state index in [4.69, 9.17) is 0 Å². The Balaban J connectivity index is 2.47. The number of aromatic carboxylic acids is 1. The van der Waals surface area contributed by atoms with Crippen molar-refractivity contribution >= 4 is 11.8 Å². The van der Waals surface area contributed by atoms with E-state index in [2.05, 4.69) is 16.9 Å². The summed E-state index contributed by atoms with van der Waals surface area (Å²) in [7, 11) is 1.82. The molecule has 1 aliphatic rings. The van der Waals surface area contributed by atoms with Crippen LogP contribution in [-0.2, 0) is 7.05 Å². The SMILES string of the molecule is CCC1CCCN1c1c(C(=O)O)c(C)nn1C. The number of nitrogens with zero attached hydrogens (tertiary/aromatic N) is 3. The summed E-state index contributed by atoms with van der Waals surface area (Å²) < 4.78 is 1.70. The highest BCUT2D eigenvalue weighted by Crippen LogP contribution is 2.31. The Hall–Kier alpha value is -1.52. The zero-order chi connectivity index (χ0) is 12.6. The Morgan fingerprint density at radius 1 is 1.59 bits per heavy atom. The Morgan fingerprint density at radius 3 is 2.88 bits per heavy atom. The second-order valence-corrected chi connectivity index (χ2v) is 4.61. The van der Waals surface area contributed by atoms with Crippen LogP contribution in [0.15, 0.2) is 0 Å². The Labute approximate surface area is 101 Å². The molecule has 0 aliphatic carbocycles. The lowest BCUT2D eigenvalue weighted by atomic mass is 10.1. The van der Waals surface area contributed by atoms with Gasteiger partial charge in [-0.1, -0.05) is 6.92 Å². The summed E-state index contributed by atoms with van der Waals surface area (Å²) in [5, 5.41) is 13.5. The summed E-state index contributed by atoms with van der Waals surface area (Å²) in [4.78, 5) is 13.5. The molecule has 0 radical (unpaired) electrons. The molecule has 0 bridgehead atoms. The largest absolute Gasteiger partial charge is 0.477 e. The van der Waals surface area contributed by atoms with Crippen molar-refractivity contribution in [3.05, 3.63) is 11.3 Å². The van der Waals surface area contributed by atoms with Crippen molar-refractivity contribution in [3.63, 3.8) is 0 Å². The first-order valence-electron chi connectivity index (χ1n) is 6.09. The standard InChI is InChI=1S/C12H19N3O2/c1-4-9-6-5-7-15(9)11-10(12(16)17)8(2)13-14(11)3/h9H,4-7H2,1-3H3,(H,16,17). The molecular weight excluding hydrogens is 218 g/mol. The van der Waals surface area contributed by atoms with Crippen molar-refractivity contribution in [1.29, 1.82) is 0 Å². The lowest BCUT2D eigenvalue weighted by molar-refractivity contribution is 0.0696. The van der Waals surface area contributed by atoms with Crippen LogP contribution in [0.25, 0.3) is 0 Å². The molecule has 1 atom stereocenters. The van der Waals surface area contributed by atoms with Gasteiger partial charge < -0.3 is 10.0 Å². The Bertz CT molecular complexity index is 439. The maximum atomic E-state index is 11.3. The molecule has 1 aliphatic heterocycles. The van der Waals surface area contributed by atoms with Crippen molar-refractivity contribution in [2.45, 2.75) is 39.2 Å². The van der Waals surface area contributed by atoms with Gasteiger partial charge in [-0.25, -0.2) is 4.79 Å². The number of rotatable bonds is 3. The summed E-state index contributed by atoms with van der Waals surface area (Å²) in [6, 6.07) is 0.447. The van der Waals surface area contributed by atoms with Gasteiger partial charge >= 0.3 is 5.97 Å². The molecule has 2 heterocycles. The summed E-state index contributed by atoms with van der Waals surface area (Å²) in [6.45, 7) is 4.83. The molecule has 0 amide bonds. The van der Waals surface area contributed by atoms with E-state index in [1.54, 1.807) is 11.6 Å². The van der Waals surface area contributed by atoms with Gasteiger partial charge in [-0.2, -0.15) is 5.10 Å². The highest BCUT2D eigenvalue weighted by atomic mass is 16.4. The first-order chi connectivity index (χ1) is 8.06. The van der Waals surface area contributed by atoms with E-state index in [1.807, 2.05) is 7.05 Å². The van der Waals surface area contributed by atoms with Crippen LogP contribution in [-0.4, -0.2) is 33.4 Å². The molecule has 17 heavy (non-hydrogen) atoms. The van der Waals surface area contributed by atoms with Crippen LogP contribution in [0, 0.1) is 6.92 Å². The fourth-order valence-corrected chi connectivity index (χ4v) is 2.76. The maximum absolute atomic E-state index is 11.3. The van der Waals surface area contributed by atoms with Gasteiger partial charge in [0.2, 0.25) is 0 Å². The van der Waals surface area contributed by atoms with E-state index in [1.165, 1.54) is 0 Å². The smallest absolute Gasteiger partial charge is 0.341 e. The number of carboxylic acid groups (broad SMARTS) is 1. The predicted molar refractivity (Wildman–Crippen MR) is 65.6 cm³/mol. The fourth-order valence-electron chi connectivity index (χ4n) is 2.76. The van der Waals surface area contributed by atoms with E-state index in [-0.39, 0.29) is 0 Å². The third-order valence-electron chi connectivity index (χ3n) is 3.53. The van der Waals surface area contributed by atoms with Crippen LogP contribution in [0.2, 0.25) is 0 Å². The van der Waals surface area contributed by atoms with Crippen LogP contribution in [0.3, 0.4) is 0 Å². The van der Waals surface area contributed by atoms with Gasteiger partial charge in [0.1, 0.15) is 11.4 Å². The van der Waals surface area contributed by atoms with Gasteiger partial charge in [0, 0.05) is 19.6 Å².